The van der Waals surface area contributed by atoms with Crippen LogP contribution >= 0.6 is 0 Å². The van der Waals surface area contributed by atoms with Crippen molar-refractivity contribution in [3.05, 3.63) is 65.7 Å². The van der Waals surface area contributed by atoms with Crippen LogP contribution in [0.4, 0.5) is 24.8 Å². The Morgan fingerprint density at radius 2 is 1.67 bits per heavy atom. The maximum absolute atomic E-state index is 13.8. The van der Waals surface area contributed by atoms with Gasteiger partial charge in [-0.05, 0) is 55.0 Å². The molecule has 1 aromatic carbocycles. The van der Waals surface area contributed by atoms with Gasteiger partial charge >= 0.3 is 12.3 Å². The Hall–Kier alpha value is -3.76. The normalized spacial score (nSPS) is 14.2. The molecule has 0 amide bonds. The van der Waals surface area contributed by atoms with Crippen molar-refractivity contribution in [3.63, 3.8) is 0 Å². The van der Waals surface area contributed by atoms with Crippen molar-refractivity contribution < 1.29 is 31.2 Å². The highest BCUT2D eigenvalue weighted by Gasteiger charge is 2.35. The molecule has 0 spiro atoms. The summed E-state index contributed by atoms with van der Waals surface area (Å²) in [7, 11) is -4.18. The molecular weight excluding hydrogens is 533 g/mol. The van der Waals surface area contributed by atoms with Crippen LogP contribution in [0.25, 0.3) is 11.3 Å². The highest BCUT2D eigenvalue weighted by Crippen LogP contribution is 2.38. The number of pyridine rings is 2. The van der Waals surface area contributed by atoms with Gasteiger partial charge in [-0.2, -0.15) is 31.2 Å². The third-order valence-corrected chi connectivity index (χ3v) is 7.58. The van der Waals surface area contributed by atoms with Crippen molar-refractivity contribution in [3.8, 4) is 11.3 Å². The molecule has 8 nitrogen and oxygen atoms in total. The number of rotatable bonds is 7. The Bertz CT molecular complexity index is 1420. The van der Waals surface area contributed by atoms with Crippen LogP contribution in [0.1, 0.15) is 44.2 Å². The van der Waals surface area contributed by atoms with Crippen LogP contribution in [0.15, 0.2) is 59.6 Å². The second-order valence-electron chi connectivity index (χ2n) is 9.19. The zero-order chi connectivity index (χ0) is 28.6. The van der Waals surface area contributed by atoms with Gasteiger partial charge in [0.15, 0.2) is 5.03 Å². The summed E-state index contributed by atoms with van der Waals surface area (Å²) in [5, 5.41) is -0.215. The average Bonchev–Trinajstić information content (AvgIpc) is 2.89. The first-order valence-electron chi connectivity index (χ1n) is 12.4. The fraction of sp³-hybridized carbons (Fsp3) is 0.370. The number of aryl methyl sites for hydroxylation is 1. The molecule has 1 aliphatic heterocycles. The molecule has 0 saturated carbocycles. The fourth-order valence-corrected chi connectivity index (χ4v) is 5.31. The second kappa shape index (κ2) is 12.9. The molecule has 1 saturated heterocycles. The van der Waals surface area contributed by atoms with E-state index in [1.54, 1.807) is 36.4 Å². The third kappa shape index (κ3) is 7.64. The lowest BCUT2D eigenvalue weighted by molar-refractivity contribution is -0.191. The van der Waals surface area contributed by atoms with Crippen LogP contribution < -0.4 is 9.62 Å². The van der Waals surface area contributed by atoms with E-state index in [0.29, 0.717) is 29.3 Å². The smallest absolute Gasteiger partial charge is 0.357 e. The Morgan fingerprint density at radius 1 is 1.00 bits per heavy atom. The van der Waals surface area contributed by atoms with E-state index in [1.807, 2.05) is 11.8 Å². The predicted molar refractivity (Wildman–Crippen MR) is 139 cm³/mol. The van der Waals surface area contributed by atoms with Gasteiger partial charge in [-0.15, -0.1) is 0 Å². The Labute approximate surface area is 225 Å². The van der Waals surface area contributed by atoms with Crippen LogP contribution in [0.2, 0.25) is 0 Å². The van der Waals surface area contributed by atoms with E-state index >= 15 is 0 Å². The van der Waals surface area contributed by atoms with Crippen molar-refractivity contribution >= 4 is 27.8 Å². The van der Waals surface area contributed by atoms with Crippen molar-refractivity contribution in [2.75, 3.05) is 22.7 Å². The molecule has 1 aliphatic rings. The number of benzene rings is 1. The minimum atomic E-state index is -4.65. The number of sulfonamides is 1. The maximum atomic E-state index is 13.8. The first kappa shape index (κ1) is 29.8. The average molecular weight is 563 g/mol. The van der Waals surface area contributed by atoms with E-state index in [4.69, 9.17) is 9.59 Å². The maximum Gasteiger partial charge on any atom is 0.418 e. The van der Waals surface area contributed by atoms with Crippen molar-refractivity contribution in [1.82, 2.24) is 9.97 Å². The number of aromatic nitrogens is 2. The standard InChI is InChI=1S/C26H29F3N4O2S.CO2/c1-3-7-19-8-4-5-9-20(19)25-21(26(27,28)29)12-13-22(30-25)32-36(34,35)24-11-6-10-23(31-24)33-16-14-18(2)15-17-33;2-1-3/h4-6,8-13,18H,3,7,14-17H2,1-2H3,(H,30,32);. The van der Waals surface area contributed by atoms with Gasteiger partial charge in [-0.1, -0.05) is 50.6 Å². The summed E-state index contributed by atoms with van der Waals surface area (Å²) >= 11 is 0. The highest BCUT2D eigenvalue weighted by molar-refractivity contribution is 7.92. The van der Waals surface area contributed by atoms with E-state index in [1.165, 1.54) is 6.07 Å². The van der Waals surface area contributed by atoms with E-state index in [-0.39, 0.29) is 22.7 Å². The minimum Gasteiger partial charge on any atom is -0.357 e. The molecular formula is C27H29F3N4O4S. The fourth-order valence-electron chi connectivity index (χ4n) is 4.35. The van der Waals surface area contributed by atoms with E-state index < -0.39 is 21.8 Å². The van der Waals surface area contributed by atoms with Gasteiger partial charge in [0.05, 0.1) is 11.3 Å². The second-order valence-corrected chi connectivity index (χ2v) is 10.8. The third-order valence-electron chi connectivity index (χ3n) is 6.32. The zero-order valence-corrected chi connectivity index (χ0v) is 22.3. The molecule has 0 radical (unpaired) electrons. The summed E-state index contributed by atoms with van der Waals surface area (Å²) in [6.07, 6.45) is -1.11. The largest absolute Gasteiger partial charge is 0.418 e. The molecule has 208 valence electrons. The number of carbonyl (C=O) groups excluding carboxylic acids is 2. The number of nitrogens with one attached hydrogen (secondary N) is 1. The molecule has 4 rings (SSSR count). The van der Waals surface area contributed by atoms with Crippen LogP contribution in [0, 0.1) is 5.92 Å². The molecule has 39 heavy (non-hydrogen) atoms. The minimum absolute atomic E-state index is 0.205. The first-order valence-corrected chi connectivity index (χ1v) is 13.9. The van der Waals surface area contributed by atoms with Crippen LogP contribution in [-0.4, -0.2) is 37.6 Å². The first-order chi connectivity index (χ1) is 18.5. The molecule has 3 heterocycles. The number of hydrogen-bond acceptors (Lipinski definition) is 7. The summed E-state index contributed by atoms with van der Waals surface area (Å²) in [6, 6.07) is 13.4. The quantitative estimate of drug-likeness (QED) is 0.401. The molecule has 3 aromatic rings. The van der Waals surface area contributed by atoms with Gasteiger partial charge < -0.3 is 4.90 Å². The van der Waals surface area contributed by atoms with Gasteiger partial charge in [0.2, 0.25) is 0 Å². The highest BCUT2D eigenvalue weighted by atomic mass is 32.2. The molecule has 1 N–H and O–H groups in total. The molecule has 0 atom stereocenters. The lowest BCUT2D eigenvalue weighted by atomic mass is 9.97. The van der Waals surface area contributed by atoms with Gasteiger partial charge in [0.25, 0.3) is 10.0 Å². The molecule has 1 fully saturated rings. The SMILES string of the molecule is CCCc1ccccc1-c1nc(NS(=O)(=O)c2cccc(N3CCC(C)CC3)n2)ccc1C(F)(F)F.O=C=O. The van der Waals surface area contributed by atoms with Crippen LogP contribution in [0.3, 0.4) is 0 Å². The molecule has 2 aromatic heterocycles. The van der Waals surface area contributed by atoms with Gasteiger partial charge in [-0.3, -0.25) is 4.72 Å². The van der Waals surface area contributed by atoms with Crippen molar-refractivity contribution in [1.29, 1.82) is 0 Å². The number of anilines is 2. The summed E-state index contributed by atoms with van der Waals surface area (Å²) in [5.74, 6) is 0.958. The Balaban J connectivity index is 0.00000134. The van der Waals surface area contributed by atoms with E-state index in [2.05, 4.69) is 21.6 Å². The number of alkyl halides is 3. The summed E-state index contributed by atoms with van der Waals surface area (Å²) in [6.45, 7) is 5.69. The topological polar surface area (TPSA) is 109 Å². The van der Waals surface area contributed by atoms with E-state index in [9.17, 15) is 21.6 Å². The molecule has 0 bridgehead atoms. The number of halogens is 3. The number of piperidine rings is 1. The van der Waals surface area contributed by atoms with Crippen molar-refractivity contribution in [2.45, 2.75) is 50.7 Å². The lowest BCUT2D eigenvalue weighted by Gasteiger charge is -2.31. The Morgan fingerprint density at radius 3 is 2.31 bits per heavy atom. The van der Waals surface area contributed by atoms with Crippen molar-refractivity contribution in [2.24, 2.45) is 5.92 Å². The Kier molecular flexibility index (Phi) is 9.82. The summed E-state index contributed by atoms with van der Waals surface area (Å²) < 4.78 is 70.1. The predicted octanol–water partition coefficient (Wildman–Crippen LogP) is 5.57. The summed E-state index contributed by atoms with van der Waals surface area (Å²) in [5.41, 5.74) is -0.195. The molecule has 0 unspecified atom stereocenters. The summed E-state index contributed by atoms with van der Waals surface area (Å²) in [4.78, 5) is 26.8. The van der Waals surface area contributed by atoms with Crippen LogP contribution in [0.5, 0.6) is 0 Å². The van der Waals surface area contributed by atoms with Gasteiger partial charge in [0.1, 0.15) is 11.6 Å². The monoisotopic (exact) mass is 562 g/mol. The van der Waals surface area contributed by atoms with Gasteiger partial charge in [0, 0.05) is 18.7 Å². The molecule has 12 heteroatoms. The number of hydrogen-bond donors (Lipinski definition) is 1. The molecule has 0 aliphatic carbocycles. The number of nitrogens with zero attached hydrogens (tertiary/aromatic N) is 3. The zero-order valence-electron chi connectivity index (χ0n) is 21.5. The van der Waals surface area contributed by atoms with Gasteiger partial charge in [-0.25, -0.2) is 9.97 Å². The van der Waals surface area contributed by atoms with E-state index in [0.717, 1.165) is 44.5 Å². The lowest BCUT2D eigenvalue weighted by Crippen LogP contribution is -2.33. The van der Waals surface area contributed by atoms with Crippen LogP contribution in [-0.2, 0) is 32.2 Å².